The van der Waals surface area contributed by atoms with Crippen molar-refractivity contribution in [1.82, 2.24) is 10.6 Å². The molecule has 1 aromatic carbocycles. The van der Waals surface area contributed by atoms with Crippen LogP contribution < -0.4 is 15.4 Å². The van der Waals surface area contributed by atoms with Crippen LogP contribution in [0.3, 0.4) is 0 Å². The Morgan fingerprint density at radius 1 is 1.39 bits per heavy atom. The molecule has 1 aromatic rings. The SMILES string of the molecule is C=CCOC(=O)C1=C(C)NC(=O)N[C@@H]1c1ccccc1OCC. The van der Waals surface area contributed by atoms with Gasteiger partial charge >= 0.3 is 12.0 Å². The Kier molecular flexibility index (Phi) is 5.41. The molecular weight excluding hydrogens is 296 g/mol. The fourth-order valence-corrected chi connectivity index (χ4v) is 2.42. The Hall–Kier alpha value is -2.76. The quantitative estimate of drug-likeness (QED) is 0.624. The predicted octanol–water partition coefficient (Wildman–Crippen LogP) is 2.44. The molecule has 6 heteroatoms. The first-order valence-electron chi connectivity index (χ1n) is 7.36. The molecule has 0 aromatic heterocycles. The summed E-state index contributed by atoms with van der Waals surface area (Å²) in [5, 5.41) is 5.35. The van der Waals surface area contributed by atoms with Gasteiger partial charge in [0.2, 0.25) is 0 Å². The molecule has 23 heavy (non-hydrogen) atoms. The second kappa shape index (κ2) is 7.49. The highest BCUT2D eigenvalue weighted by Gasteiger charge is 2.33. The molecule has 0 saturated carbocycles. The molecule has 0 unspecified atom stereocenters. The van der Waals surface area contributed by atoms with E-state index >= 15 is 0 Å². The maximum Gasteiger partial charge on any atom is 0.338 e. The summed E-state index contributed by atoms with van der Waals surface area (Å²) < 4.78 is 10.7. The van der Waals surface area contributed by atoms with Crippen LogP contribution in [0.15, 0.2) is 48.2 Å². The Morgan fingerprint density at radius 3 is 2.83 bits per heavy atom. The van der Waals surface area contributed by atoms with Crippen molar-refractivity contribution in [1.29, 1.82) is 0 Å². The smallest absolute Gasteiger partial charge is 0.338 e. The van der Waals surface area contributed by atoms with Crippen LogP contribution in [0.1, 0.15) is 25.5 Å². The first-order valence-corrected chi connectivity index (χ1v) is 7.36. The topological polar surface area (TPSA) is 76.7 Å². The highest BCUT2D eigenvalue weighted by atomic mass is 16.5. The molecule has 0 saturated heterocycles. The van der Waals surface area contributed by atoms with Crippen molar-refractivity contribution >= 4 is 12.0 Å². The average Bonchev–Trinajstić information content (AvgIpc) is 2.52. The van der Waals surface area contributed by atoms with Gasteiger partial charge in [-0.3, -0.25) is 0 Å². The second-order valence-electron chi connectivity index (χ2n) is 4.93. The number of urea groups is 1. The Morgan fingerprint density at radius 2 is 2.13 bits per heavy atom. The fourth-order valence-electron chi connectivity index (χ4n) is 2.42. The number of amides is 2. The van der Waals surface area contributed by atoms with Gasteiger partial charge in [0.1, 0.15) is 12.4 Å². The summed E-state index contributed by atoms with van der Waals surface area (Å²) in [6, 6.07) is 6.27. The second-order valence-corrected chi connectivity index (χ2v) is 4.93. The molecular formula is C17H20N2O4. The Balaban J connectivity index is 2.45. The van der Waals surface area contributed by atoms with Gasteiger partial charge in [-0.2, -0.15) is 0 Å². The lowest BCUT2D eigenvalue weighted by Crippen LogP contribution is -2.45. The molecule has 2 N–H and O–H groups in total. The summed E-state index contributed by atoms with van der Waals surface area (Å²) in [5.74, 6) is 0.107. The predicted molar refractivity (Wildman–Crippen MR) is 85.9 cm³/mol. The minimum Gasteiger partial charge on any atom is -0.494 e. The number of hydrogen-bond donors (Lipinski definition) is 2. The number of rotatable bonds is 6. The minimum absolute atomic E-state index is 0.101. The van der Waals surface area contributed by atoms with Crippen molar-refractivity contribution in [2.24, 2.45) is 0 Å². The lowest BCUT2D eigenvalue weighted by Gasteiger charge is -2.29. The van der Waals surface area contributed by atoms with E-state index in [4.69, 9.17) is 9.47 Å². The standard InChI is InChI=1S/C17H20N2O4/c1-4-10-23-16(20)14-11(3)18-17(21)19-15(14)12-8-6-7-9-13(12)22-5-2/h4,6-9,15H,1,5,10H2,2-3H3,(H2,18,19,21)/t15-/m1/s1. The summed E-state index contributed by atoms with van der Waals surface area (Å²) in [6.07, 6.45) is 1.49. The lowest BCUT2D eigenvalue weighted by atomic mass is 9.95. The van der Waals surface area contributed by atoms with Crippen molar-refractivity contribution in [2.45, 2.75) is 19.9 Å². The van der Waals surface area contributed by atoms with E-state index in [9.17, 15) is 9.59 Å². The maximum atomic E-state index is 12.4. The van der Waals surface area contributed by atoms with E-state index in [-0.39, 0.29) is 12.6 Å². The number of carbonyl (C=O) groups excluding carboxylic acids is 2. The van der Waals surface area contributed by atoms with Crippen LogP contribution in [0.4, 0.5) is 4.79 Å². The van der Waals surface area contributed by atoms with Crippen molar-refractivity contribution < 1.29 is 19.1 Å². The molecule has 2 rings (SSSR count). The molecule has 0 radical (unpaired) electrons. The molecule has 1 aliphatic rings. The van der Waals surface area contributed by atoms with Crippen LogP contribution in [0.2, 0.25) is 0 Å². The molecule has 0 fully saturated rings. The van der Waals surface area contributed by atoms with Gasteiger partial charge in [0, 0.05) is 11.3 Å². The summed E-state index contributed by atoms with van der Waals surface area (Å²) >= 11 is 0. The largest absolute Gasteiger partial charge is 0.494 e. The van der Waals surface area contributed by atoms with Gasteiger partial charge in [0.15, 0.2) is 0 Å². The van der Waals surface area contributed by atoms with Crippen molar-refractivity contribution in [2.75, 3.05) is 13.2 Å². The fraction of sp³-hybridized carbons (Fsp3) is 0.294. The van der Waals surface area contributed by atoms with Crippen molar-refractivity contribution in [3.05, 3.63) is 53.8 Å². The van der Waals surface area contributed by atoms with Gasteiger partial charge in [-0.05, 0) is 19.9 Å². The van der Waals surface area contributed by atoms with Crippen LogP contribution >= 0.6 is 0 Å². The van der Waals surface area contributed by atoms with E-state index in [1.54, 1.807) is 13.0 Å². The van der Waals surface area contributed by atoms with Crippen LogP contribution in [-0.4, -0.2) is 25.2 Å². The van der Waals surface area contributed by atoms with E-state index in [0.29, 0.717) is 29.2 Å². The van der Waals surface area contributed by atoms with Crippen molar-refractivity contribution in [3.8, 4) is 5.75 Å². The van der Waals surface area contributed by atoms with Crippen LogP contribution in [-0.2, 0) is 9.53 Å². The van der Waals surface area contributed by atoms with E-state index in [2.05, 4.69) is 17.2 Å². The van der Waals surface area contributed by atoms with Gasteiger partial charge in [-0.1, -0.05) is 30.9 Å². The Bertz CT molecular complexity index is 652. The van der Waals surface area contributed by atoms with Crippen LogP contribution in [0.25, 0.3) is 0 Å². The van der Waals surface area contributed by atoms with Gasteiger partial charge in [0.25, 0.3) is 0 Å². The number of benzene rings is 1. The van der Waals surface area contributed by atoms with Crippen LogP contribution in [0, 0.1) is 0 Å². The Labute approximate surface area is 135 Å². The molecule has 0 spiro atoms. The van der Waals surface area contributed by atoms with Gasteiger partial charge in [0.05, 0.1) is 18.2 Å². The number of ether oxygens (including phenoxy) is 2. The molecule has 2 amide bonds. The maximum absolute atomic E-state index is 12.4. The molecule has 122 valence electrons. The first kappa shape index (κ1) is 16.6. The number of hydrogen-bond acceptors (Lipinski definition) is 4. The molecule has 1 heterocycles. The lowest BCUT2D eigenvalue weighted by molar-refractivity contribution is -0.138. The molecule has 0 aliphatic carbocycles. The summed E-state index contributed by atoms with van der Waals surface area (Å²) in [5.41, 5.74) is 1.51. The minimum atomic E-state index is -0.635. The van der Waals surface area contributed by atoms with Crippen molar-refractivity contribution in [3.63, 3.8) is 0 Å². The van der Waals surface area contributed by atoms with Crippen LogP contribution in [0.5, 0.6) is 5.75 Å². The van der Waals surface area contributed by atoms with E-state index in [1.165, 1.54) is 6.08 Å². The zero-order chi connectivity index (χ0) is 16.8. The highest BCUT2D eigenvalue weighted by Crippen LogP contribution is 2.33. The summed E-state index contributed by atoms with van der Waals surface area (Å²) in [7, 11) is 0. The van der Waals surface area contributed by atoms with E-state index in [0.717, 1.165) is 0 Å². The number of carbonyl (C=O) groups is 2. The number of nitrogens with one attached hydrogen (secondary N) is 2. The number of para-hydroxylation sites is 1. The summed E-state index contributed by atoms with van der Waals surface area (Å²) in [4.78, 5) is 24.2. The first-order chi connectivity index (χ1) is 11.1. The molecule has 0 bridgehead atoms. The number of esters is 1. The van der Waals surface area contributed by atoms with Gasteiger partial charge in [-0.25, -0.2) is 9.59 Å². The molecule has 1 aliphatic heterocycles. The molecule has 1 atom stereocenters. The van der Waals surface area contributed by atoms with E-state index in [1.807, 2.05) is 25.1 Å². The third-order valence-corrected chi connectivity index (χ3v) is 3.35. The average molecular weight is 316 g/mol. The zero-order valence-electron chi connectivity index (χ0n) is 13.2. The third-order valence-electron chi connectivity index (χ3n) is 3.35. The monoisotopic (exact) mass is 316 g/mol. The van der Waals surface area contributed by atoms with Gasteiger partial charge < -0.3 is 20.1 Å². The third kappa shape index (κ3) is 3.71. The molecule has 6 nitrogen and oxygen atoms in total. The summed E-state index contributed by atoms with van der Waals surface area (Å²) in [6.45, 7) is 7.65. The van der Waals surface area contributed by atoms with Gasteiger partial charge in [-0.15, -0.1) is 0 Å². The highest BCUT2D eigenvalue weighted by molar-refractivity contribution is 5.95. The zero-order valence-corrected chi connectivity index (χ0v) is 13.2. The van der Waals surface area contributed by atoms with E-state index < -0.39 is 12.0 Å². The normalized spacial score (nSPS) is 17.1. The number of allylic oxidation sites excluding steroid dienone is 1.